The molecule has 1 fully saturated rings. The molecule has 2 atom stereocenters. The lowest BCUT2D eigenvalue weighted by Gasteiger charge is -2.21. The van der Waals surface area contributed by atoms with Crippen LogP contribution >= 0.6 is 12.4 Å². The number of pyridine rings is 2. The number of carbonyl (C=O) groups excluding carboxylic acids is 2. The zero-order valence-corrected chi connectivity index (χ0v) is 19.7. The third-order valence-corrected chi connectivity index (χ3v) is 6.04. The number of fused-ring (bicyclic) bond motifs is 2. The van der Waals surface area contributed by atoms with Crippen LogP contribution in [0.5, 0.6) is 11.8 Å². The predicted octanol–water partition coefficient (Wildman–Crippen LogP) is 3.20. The molecule has 5 rings (SSSR count). The first kappa shape index (κ1) is 24.4. The average molecular weight is 504 g/mol. The molecule has 12 heteroatoms. The summed E-state index contributed by atoms with van der Waals surface area (Å²) in [5, 5.41) is 6.35. The fourth-order valence-corrected chi connectivity index (χ4v) is 4.07. The van der Waals surface area contributed by atoms with E-state index in [2.05, 4.69) is 20.6 Å². The second-order valence-electron chi connectivity index (χ2n) is 8.36. The van der Waals surface area contributed by atoms with Gasteiger partial charge in [-0.2, -0.15) is 0 Å². The van der Waals surface area contributed by atoms with Gasteiger partial charge in [0.15, 0.2) is 12.4 Å². The van der Waals surface area contributed by atoms with Crippen LogP contribution in [-0.2, 0) is 9.53 Å². The van der Waals surface area contributed by atoms with Crippen molar-refractivity contribution in [1.29, 1.82) is 0 Å². The molecule has 2 aliphatic heterocycles. The van der Waals surface area contributed by atoms with Crippen LogP contribution in [0.2, 0.25) is 0 Å². The largest absolute Gasteiger partial charge is 0.466 e. The Hall–Kier alpha value is -3.70. The van der Waals surface area contributed by atoms with Gasteiger partial charge in [0.1, 0.15) is 5.69 Å². The van der Waals surface area contributed by atoms with E-state index >= 15 is 4.39 Å². The van der Waals surface area contributed by atoms with E-state index in [1.54, 1.807) is 13.0 Å². The standard InChI is InChI=1S/C23H22FN5O5.ClH/c1-10-7-32-8-16(10)28-23(31)34-18-4-12-3-13(19(24)20(25)15(12)6-26-18)14-5-27-22-21(11(14)2)29-17(30)9-33-22;/h3-6,10,16H,7-9,25H2,1-2H3,(H,28,31)(H,29,30);1H. The van der Waals surface area contributed by atoms with Crippen molar-refractivity contribution in [3.63, 3.8) is 0 Å². The molecule has 2 aromatic heterocycles. The van der Waals surface area contributed by atoms with Crippen molar-refractivity contribution in [3.05, 3.63) is 35.9 Å². The molecule has 35 heavy (non-hydrogen) atoms. The lowest BCUT2D eigenvalue weighted by atomic mass is 9.97. The van der Waals surface area contributed by atoms with Crippen LogP contribution in [0, 0.1) is 18.7 Å². The van der Waals surface area contributed by atoms with Gasteiger partial charge in [0.05, 0.1) is 24.9 Å². The minimum Gasteiger partial charge on any atom is -0.466 e. The number of aromatic nitrogens is 2. The topological polar surface area (TPSA) is 138 Å². The number of nitrogens with zero attached hydrogens (tertiary/aromatic N) is 2. The van der Waals surface area contributed by atoms with E-state index in [1.165, 1.54) is 18.5 Å². The van der Waals surface area contributed by atoms with E-state index in [0.717, 1.165) is 0 Å². The lowest BCUT2D eigenvalue weighted by molar-refractivity contribution is -0.118. The summed E-state index contributed by atoms with van der Waals surface area (Å²) in [5.74, 6) is -0.495. The van der Waals surface area contributed by atoms with E-state index in [-0.39, 0.29) is 59.9 Å². The second-order valence-corrected chi connectivity index (χ2v) is 8.36. The number of hydrogen-bond donors (Lipinski definition) is 3. The van der Waals surface area contributed by atoms with Gasteiger partial charge < -0.3 is 30.6 Å². The second kappa shape index (κ2) is 9.51. The molecule has 0 spiro atoms. The molecule has 2 unspecified atom stereocenters. The van der Waals surface area contributed by atoms with Gasteiger partial charge in [-0.15, -0.1) is 12.4 Å². The zero-order chi connectivity index (χ0) is 24.0. The van der Waals surface area contributed by atoms with E-state index in [9.17, 15) is 9.59 Å². The first-order valence-electron chi connectivity index (χ1n) is 10.7. The Morgan fingerprint density at radius 2 is 2.06 bits per heavy atom. The number of hydrogen-bond acceptors (Lipinski definition) is 8. The molecular weight excluding hydrogens is 481 g/mol. The third kappa shape index (κ3) is 4.52. The van der Waals surface area contributed by atoms with Crippen LogP contribution < -0.4 is 25.8 Å². The number of nitrogen functional groups attached to an aromatic ring is 1. The summed E-state index contributed by atoms with van der Waals surface area (Å²) in [4.78, 5) is 32.4. The highest BCUT2D eigenvalue weighted by Crippen LogP contribution is 2.39. The van der Waals surface area contributed by atoms with Crippen LogP contribution in [-0.4, -0.2) is 47.8 Å². The average Bonchev–Trinajstić information content (AvgIpc) is 3.21. The number of ether oxygens (including phenoxy) is 3. The first-order chi connectivity index (χ1) is 16.3. The van der Waals surface area contributed by atoms with Crippen LogP contribution in [0.4, 0.5) is 20.6 Å². The zero-order valence-electron chi connectivity index (χ0n) is 18.9. The van der Waals surface area contributed by atoms with E-state index in [1.807, 2.05) is 6.92 Å². The molecular formula is C23H23ClFN5O5. The summed E-state index contributed by atoms with van der Waals surface area (Å²) < 4.78 is 31.3. The molecule has 2 amide bonds. The van der Waals surface area contributed by atoms with Gasteiger partial charge >= 0.3 is 6.09 Å². The van der Waals surface area contributed by atoms with Crippen molar-refractivity contribution in [3.8, 4) is 22.9 Å². The summed E-state index contributed by atoms with van der Waals surface area (Å²) in [6.07, 6.45) is 2.16. The molecule has 4 N–H and O–H groups in total. The van der Waals surface area contributed by atoms with Crippen molar-refractivity contribution < 1.29 is 28.2 Å². The molecule has 0 saturated carbocycles. The number of nitrogens with one attached hydrogen (secondary N) is 2. The van der Waals surface area contributed by atoms with Crippen molar-refractivity contribution in [2.75, 3.05) is 30.9 Å². The van der Waals surface area contributed by atoms with E-state index < -0.39 is 11.9 Å². The normalized spacial score (nSPS) is 18.8. The maximum Gasteiger partial charge on any atom is 0.414 e. The van der Waals surface area contributed by atoms with E-state index in [4.69, 9.17) is 19.9 Å². The van der Waals surface area contributed by atoms with Crippen LogP contribution in [0.3, 0.4) is 0 Å². The maximum atomic E-state index is 15.3. The fourth-order valence-electron chi connectivity index (χ4n) is 4.07. The summed E-state index contributed by atoms with van der Waals surface area (Å²) >= 11 is 0. The highest BCUT2D eigenvalue weighted by atomic mass is 35.5. The SMILES string of the molecule is Cc1c(-c2cc3cc(OC(=O)NC4COCC4C)ncc3c(N)c2F)cnc2c1NC(=O)CO2.Cl. The highest BCUT2D eigenvalue weighted by molar-refractivity contribution is 6.00. The van der Waals surface area contributed by atoms with Gasteiger partial charge in [-0.25, -0.2) is 19.2 Å². The maximum absolute atomic E-state index is 15.3. The van der Waals surface area contributed by atoms with Crippen LogP contribution in [0.25, 0.3) is 21.9 Å². The number of nitrogens with two attached hydrogens (primary N) is 1. The molecule has 10 nitrogen and oxygen atoms in total. The van der Waals surface area contributed by atoms with Gasteiger partial charge in [-0.05, 0) is 23.9 Å². The van der Waals surface area contributed by atoms with Crippen molar-refractivity contribution >= 4 is 46.6 Å². The molecule has 1 saturated heterocycles. The monoisotopic (exact) mass is 503 g/mol. The third-order valence-electron chi connectivity index (χ3n) is 6.04. The fraction of sp³-hybridized carbons (Fsp3) is 0.304. The summed E-state index contributed by atoms with van der Waals surface area (Å²) in [5.41, 5.74) is 7.54. The molecule has 4 heterocycles. The van der Waals surface area contributed by atoms with Crippen LogP contribution in [0.15, 0.2) is 24.5 Å². The smallest absolute Gasteiger partial charge is 0.414 e. The Bertz CT molecular complexity index is 1340. The molecule has 184 valence electrons. The number of amides is 2. The summed E-state index contributed by atoms with van der Waals surface area (Å²) in [7, 11) is 0. The highest BCUT2D eigenvalue weighted by Gasteiger charge is 2.27. The molecule has 3 aromatic rings. The predicted molar refractivity (Wildman–Crippen MR) is 128 cm³/mol. The number of anilines is 2. The number of halogens is 2. The Morgan fingerprint density at radius 3 is 2.80 bits per heavy atom. The summed E-state index contributed by atoms with van der Waals surface area (Å²) in [6, 6.07) is 2.94. The van der Waals surface area contributed by atoms with Gasteiger partial charge in [-0.1, -0.05) is 6.92 Å². The Labute approximate surface area is 205 Å². The minimum absolute atomic E-state index is 0. The van der Waals surface area contributed by atoms with Crippen molar-refractivity contribution in [2.24, 2.45) is 5.92 Å². The number of rotatable bonds is 3. The Morgan fingerprint density at radius 1 is 1.26 bits per heavy atom. The lowest BCUT2D eigenvalue weighted by Crippen LogP contribution is -2.40. The number of carbonyl (C=O) groups is 2. The van der Waals surface area contributed by atoms with Gasteiger partial charge in [0.25, 0.3) is 5.91 Å². The van der Waals surface area contributed by atoms with Crippen molar-refractivity contribution in [2.45, 2.75) is 19.9 Å². The van der Waals surface area contributed by atoms with Crippen LogP contribution in [0.1, 0.15) is 12.5 Å². The van der Waals surface area contributed by atoms with E-state index in [0.29, 0.717) is 40.8 Å². The molecule has 2 aliphatic rings. The molecule has 0 aliphatic carbocycles. The van der Waals surface area contributed by atoms with Gasteiger partial charge in [0.2, 0.25) is 11.8 Å². The first-order valence-corrected chi connectivity index (χ1v) is 10.7. The minimum atomic E-state index is -0.657. The van der Waals surface area contributed by atoms with Crippen molar-refractivity contribution in [1.82, 2.24) is 15.3 Å². The molecule has 0 bridgehead atoms. The Balaban J connectivity index is 0.00000289. The summed E-state index contributed by atoms with van der Waals surface area (Å²) in [6.45, 7) is 4.55. The van der Waals surface area contributed by atoms with Gasteiger partial charge in [0, 0.05) is 40.9 Å². The number of benzene rings is 1. The molecule has 0 radical (unpaired) electrons. The molecule has 1 aromatic carbocycles. The Kier molecular flexibility index (Phi) is 6.64. The van der Waals surface area contributed by atoms with Gasteiger partial charge in [-0.3, -0.25) is 4.79 Å². The quantitative estimate of drug-likeness (QED) is 0.463.